The number of aliphatic hydroxyl groups is 1. The van der Waals surface area contributed by atoms with Crippen LogP contribution in [0.2, 0.25) is 0 Å². The molecule has 0 amide bonds. The number of hydrogen-bond donors (Lipinski definition) is 2. The number of ether oxygens (including phenoxy) is 1. The molecule has 1 atom stereocenters. The maximum absolute atomic E-state index is 10.9. The zero-order chi connectivity index (χ0) is 11.0. The number of rotatable bonds is 7. The van der Waals surface area contributed by atoms with Crippen molar-refractivity contribution in [1.29, 1.82) is 0 Å². The SMILES string of the molecule is C=C(C)C(=O)OCCSCC(O)CS. The van der Waals surface area contributed by atoms with E-state index in [1.807, 2.05) is 0 Å². The Morgan fingerprint density at radius 2 is 2.36 bits per heavy atom. The van der Waals surface area contributed by atoms with Crippen LogP contribution in [0.5, 0.6) is 0 Å². The van der Waals surface area contributed by atoms with Crippen molar-refractivity contribution in [2.75, 3.05) is 23.9 Å². The Balaban J connectivity index is 3.30. The number of thiol groups is 1. The van der Waals surface area contributed by atoms with Crippen molar-refractivity contribution >= 4 is 30.4 Å². The number of thioether (sulfide) groups is 1. The van der Waals surface area contributed by atoms with Crippen molar-refractivity contribution < 1.29 is 14.6 Å². The predicted molar refractivity (Wildman–Crippen MR) is 63.0 cm³/mol. The lowest BCUT2D eigenvalue weighted by Gasteiger charge is -2.07. The Labute approximate surface area is 94.3 Å². The first-order valence-electron chi connectivity index (χ1n) is 4.27. The van der Waals surface area contributed by atoms with Crippen LogP contribution in [0.3, 0.4) is 0 Å². The highest BCUT2D eigenvalue weighted by Gasteiger charge is 2.03. The second-order valence-electron chi connectivity index (χ2n) is 2.83. The van der Waals surface area contributed by atoms with Gasteiger partial charge >= 0.3 is 5.97 Å². The topological polar surface area (TPSA) is 46.5 Å². The van der Waals surface area contributed by atoms with E-state index in [4.69, 9.17) is 9.84 Å². The molecule has 0 radical (unpaired) electrons. The van der Waals surface area contributed by atoms with Crippen LogP contribution < -0.4 is 0 Å². The number of carbonyl (C=O) groups is 1. The van der Waals surface area contributed by atoms with Crippen LogP contribution in [0.1, 0.15) is 6.92 Å². The number of hydrogen-bond acceptors (Lipinski definition) is 5. The highest BCUT2D eigenvalue weighted by molar-refractivity contribution is 7.99. The highest BCUT2D eigenvalue weighted by Crippen LogP contribution is 2.04. The molecule has 14 heavy (non-hydrogen) atoms. The molecule has 0 rings (SSSR count). The van der Waals surface area contributed by atoms with Gasteiger partial charge in [-0.2, -0.15) is 24.4 Å². The van der Waals surface area contributed by atoms with E-state index in [9.17, 15) is 4.79 Å². The summed E-state index contributed by atoms with van der Waals surface area (Å²) in [5.41, 5.74) is 0.408. The van der Waals surface area contributed by atoms with Crippen LogP contribution in [0.25, 0.3) is 0 Å². The van der Waals surface area contributed by atoms with E-state index in [-0.39, 0.29) is 12.1 Å². The van der Waals surface area contributed by atoms with Gasteiger partial charge in [0.05, 0.1) is 6.10 Å². The zero-order valence-corrected chi connectivity index (χ0v) is 9.94. The smallest absolute Gasteiger partial charge is 0.333 e. The van der Waals surface area contributed by atoms with Gasteiger partial charge in [0, 0.05) is 22.8 Å². The van der Waals surface area contributed by atoms with Gasteiger partial charge in [0.2, 0.25) is 0 Å². The molecule has 0 bridgehead atoms. The van der Waals surface area contributed by atoms with Crippen molar-refractivity contribution in [3.05, 3.63) is 12.2 Å². The molecule has 0 aromatic heterocycles. The Bertz CT molecular complexity index is 194. The van der Waals surface area contributed by atoms with Gasteiger partial charge < -0.3 is 9.84 Å². The molecule has 1 unspecified atom stereocenters. The summed E-state index contributed by atoms with van der Waals surface area (Å²) in [6, 6.07) is 0. The summed E-state index contributed by atoms with van der Waals surface area (Å²) < 4.78 is 4.86. The molecule has 0 saturated heterocycles. The molecule has 0 saturated carbocycles. The first-order valence-corrected chi connectivity index (χ1v) is 6.06. The molecule has 0 spiro atoms. The first kappa shape index (κ1) is 13.9. The number of carbonyl (C=O) groups excluding carboxylic acids is 1. The molecular formula is C9H16O3S2. The third-order valence-corrected chi connectivity index (χ3v) is 2.83. The molecule has 0 aromatic carbocycles. The zero-order valence-electron chi connectivity index (χ0n) is 8.23. The van der Waals surface area contributed by atoms with Gasteiger partial charge in [0.1, 0.15) is 6.61 Å². The molecule has 3 nitrogen and oxygen atoms in total. The Morgan fingerprint density at radius 3 is 2.86 bits per heavy atom. The van der Waals surface area contributed by atoms with Crippen molar-refractivity contribution in [3.63, 3.8) is 0 Å². The lowest BCUT2D eigenvalue weighted by Crippen LogP contribution is -2.13. The molecule has 0 heterocycles. The number of aliphatic hydroxyl groups excluding tert-OH is 1. The lowest BCUT2D eigenvalue weighted by molar-refractivity contribution is -0.138. The molecule has 82 valence electrons. The lowest BCUT2D eigenvalue weighted by atomic mass is 10.4. The van der Waals surface area contributed by atoms with Crippen molar-refractivity contribution in [3.8, 4) is 0 Å². The van der Waals surface area contributed by atoms with Crippen LogP contribution in [-0.2, 0) is 9.53 Å². The van der Waals surface area contributed by atoms with Crippen LogP contribution in [0.15, 0.2) is 12.2 Å². The first-order chi connectivity index (χ1) is 6.57. The average Bonchev–Trinajstić information content (AvgIpc) is 2.16. The molecule has 0 aliphatic heterocycles. The molecule has 1 N–H and O–H groups in total. The second-order valence-corrected chi connectivity index (χ2v) is 4.34. The Kier molecular flexibility index (Phi) is 8.12. The number of esters is 1. The summed E-state index contributed by atoms with van der Waals surface area (Å²) in [4.78, 5) is 10.9. The summed E-state index contributed by atoms with van der Waals surface area (Å²) in [7, 11) is 0. The fraction of sp³-hybridized carbons (Fsp3) is 0.667. The summed E-state index contributed by atoms with van der Waals surface area (Å²) in [5, 5.41) is 9.14. The van der Waals surface area contributed by atoms with Gasteiger partial charge in [-0.1, -0.05) is 6.58 Å². The minimum atomic E-state index is -0.389. The quantitative estimate of drug-likeness (QED) is 0.301. The van der Waals surface area contributed by atoms with E-state index in [1.54, 1.807) is 6.92 Å². The van der Waals surface area contributed by atoms with E-state index >= 15 is 0 Å². The van der Waals surface area contributed by atoms with E-state index in [2.05, 4.69) is 19.2 Å². The average molecular weight is 236 g/mol. The van der Waals surface area contributed by atoms with Gasteiger partial charge in [0.15, 0.2) is 0 Å². The van der Waals surface area contributed by atoms with Gasteiger partial charge in [-0.15, -0.1) is 0 Å². The molecule has 0 fully saturated rings. The Morgan fingerprint density at radius 1 is 1.71 bits per heavy atom. The minimum Gasteiger partial charge on any atom is -0.461 e. The summed E-state index contributed by atoms with van der Waals surface area (Å²) >= 11 is 5.47. The Hall–Kier alpha value is -0.130. The molecule has 0 aliphatic rings. The second kappa shape index (κ2) is 8.20. The predicted octanol–water partition coefficient (Wildman–Crippen LogP) is 1.13. The van der Waals surface area contributed by atoms with E-state index in [1.165, 1.54) is 11.8 Å². The fourth-order valence-electron chi connectivity index (χ4n) is 0.589. The fourth-order valence-corrected chi connectivity index (χ4v) is 1.65. The van der Waals surface area contributed by atoms with E-state index < -0.39 is 0 Å². The van der Waals surface area contributed by atoms with E-state index in [0.29, 0.717) is 29.4 Å². The maximum Gasteiger partial charge on any atom is 0.333 e. The summed E-state index contributed by atoms with van der Waals surface area (Å²) in [5.74, 6) is 1.40. The third kappa shape index (κ3) is 7.29. The van der Waals surface area contributed by atoms with Crippen LogP contribution in [0.4, 0.5) is 0 Å². The maximum atomic E-state index is 10.9. The standard InChI is InChI=1S/C9H16O3S2/c1-7(2)9(11)12-3-4-14-6-8(10)5-13/h8,10,13H,1,3-6H2,2H3. The summed E-state index contributed by atoms with van der Waals surface area (Å²) in [6.45, 7) is 5.43. The van der Waals surface area contributed by atoms with E-state index in [0.717, 1.165) is 0 Å². The third-order valence-electron chi connectivity index (χ3n) is 1.33. The molecule has 5 heteroatoms. The van der Waals surface area contributed by atoms with Gasteiger partial charge in [0.25, 0.3) is 0 Å². The van der Waals surface area contributed by atoms with Gasteiger partial charge in [-0.3, -0.25) is 0 Å². The van der Waals surface area contributed by atoms with Gasteiger partial charge in [-0.25, -0.2) is 4.79 Å². The van der Waals surface area contributed by atoms with Crippen molar-refractivity contribution in [2.24, 2.45) is 0 Å². The highest BCUT2D eigenvalue weighted by atomic mass is 32.2. The van der Waals surface area contributed by atoms with Gasteiger partial charge in [-0.05, 0) is 6.92 Å². The molecular weight excluding hydrogens is 220 g/mol. The molecule has 0 aliphatic carbocycles. The molecule has 0 aromatic rings. The van der Waals surface area contributed by atoms with Crippen molar-refractivity contribution in [1.82, 2.24) is 0 Å². The van der Waals surface area contributed by atoms with Crippen LogP contribution in [-0.4, -0.2) is 41.0 Å². The largest absolute Gasteiger partial charge is 0.461 e. The van der Waals surface area contributed by atoms with Crippen molar-refractivity contribution in [2.45, 2.75) is 13.0 Å². The monoisotopic (exact) mass is 236 g/mol. The summed E-state index contributed by atoms with van der Waals surface area (Å²) in [6.07, 6.45) is -0.389. The normalized spacial score (nSPS) is 12.2. The van der Waals surface area contributed by atoms with Crippen LogP contribution >= 0.6 is 24.4 Å². The minimum absolute atomic E-state index is 0.357. The van der Waals surface area contributed by atoms with Crippen LogP contribution in [0, 0.1) is 0 Å².